The lowest BCUT2D eigenvalue weighted by Gasteiger charge is -2.20. The van der Waals surface area contributed by atoms with Crippen molar-refractivity contribution in [3.63, 3.8) is 0 Å². The first-order chi connectivity index (χ1) is 7.25. The smallest absolute Gasteiger partial charge is 0.194 e. The van der Waals surface area contributed by atoms with Crippen molar-refractivity contribution >= 4 is 0 Å². The van der Waals surface area contributed by atoms with Crippen LogP contribution in [0, 0.1) is 5.92 Å². The molecule has 0 aromatic carbocycles. The van der Waals surface area contributed by atoms with E-state index >= 15 is 0 Å². The standard InChI is InChI=1S/C11H18N2O2/c1-8(12)10-6-13-11(15-10)5-9-3-2-4-14-7-9/h6,8-9H,2-5,7,12H2,1H3. The van der Waals surface area contributed by atoms with E-state index in [4.69, 9.17) is 14.9 Å². The number of hydrogen-bond acceptors (Lipinski definition) is 4. The normalized spacial score (nSPS) is 24.0. The van der Waals surface area contributed by atoms with Crippen molar-refractivity contribution < 1.29 is 9.15 Å². The van der Waals surface area contributed by atoms with Crippen LogP contribution in [0.1, 0.15) is 37.5 Å². The number of aromatic nitrogens is 1. The highest BCUT2D eigenvalue weighted by atomic mass is 16.5. The van der Waals surface area contributed by atoms with Crippen molar-refractivity contribution in [3.05, 3.63) is 17.8 Å². The van der Waals surface area contributed by atoms with Gasteiger partial charge in [-0.2, -0.15) is 0 Å². The van der Waals surface area contributed by atoms with E-state index in [1.54, 1.807) is 6.20 Å². The zero-order valence-electron chi connectivity index (χ0n) is 9.11. The van der Waals surface area contributed by atoms with Gasteiger partial charge in [-0.3, -0.25) is 0 Å². The Bertz CT molecular complexity index is 303. The van der Waals surface area contributed by atoms with Crippen molar-refractivity contribution in [1.29, 1.82) is 0 Å². The predicted molar refractivity (Wildman–Crippen MR) is 56.4 cm³/mol. The van der Waals surface area contributed by atoms with E-state index < -0.39 is 0 Å². The van der Waals surface area contributed by atoms with Crippen LogP contribution in [-0.2, 0) is 11.2 Å². The molecule has 0 amide bonds. The SMILES string of the molecule is CC(N)c1cnc(CC2CCCOC2)o1. The minimum absolute atomic E-state index is 0.0751. The Hall–Kier alpha value is -0.870. The number of rotatable bonds is 3. The molecular formula is C11H18N2O2. The summed E-state index contributed by atoms with van der Waals surface area (Å²) in [6.45, 7) is 3.62. The molecular weight excluding hydrogens is 192 g/mol. The van der Waals surface area contributed by atoms with E-state index in [-0.39, 0.29) is 6.04 Å². The van der Waals surface area contributed by atoms with Crippen molar-refractivity contribution in [3.8, 4) is 0 Å². The molecule has 1 aliphatic rings. The Balaban J connectivity index is 1.91. The summed E-state index contributed by atoms with van der Waals surface area (Å²) in [5, 5.41) is 0. The molecule has 2 unspecified atom stereocenters. The highest BCUT2D eigenvalue weighted by Gasteiger charge is 2.17. The van der Waals surface area contributed by atoms with Crippen molar-refractivity contribution in [2.45, 2.75) is 32.2 Å². The fraction of sp³-hybridized carbons (Fsp3) is 0.727. The van der Waals surface area contributed by atoms with E-state index in [2.05, 4.69) is 4.98 Å². The van der Waals surface area contributed by atoms with Crippen LogP contribution in [0.15, 0.2) is 10.6 Å². The molecule has 1 fully saturated rings. The maximum atomic E-state index is 5.70. The molecule has 4 heteroatoms. The Labute approximate surface area is 89.8 Å². The zero-order chi connectivity index (χ0) is 10.7. The average Bonchev–Trinajstić information content (AvgIpc) is 2.68. The number of ether oxygens (including phenoxy) is 1. The molecule has 0 spiro atoms. The number of nitrogens with two attached hydrogens (primary N) is 1. The molecule has 1 saturated heterocycles. The molecule has 0 aliphatic carbocycles. The van der Waals surface area contributed by atoms with E-state index in [0.29, 0.717) is 5.92 Å². The lowest BCUT2D eigenvalue weighted by atomic mass is 9.99. The topological polar surface area (TPSA) is 61.3 Å². The first kappa shape index (κ1) is 10.6. The molecule has 4 nitrogen and oxygen atoms in total. The monoisotopic (exact) mass is 210 g/mol. The van der Waals surface area contributed by atoms with E-state index in [1.807, 2.05) is 6.92 Å². The molecule has 0 bridgehead atoms. The van der Waals surface area contributed by atoms with Crippen LogP contribution >= 0.6 is 0 Å². The molecule has 15 heavy (non-hydrogen) atoms. The lowest BCUT2D eigenvalue weighted by molar-refractivity contribution is 0.0525. The van der Waals surface area contributed by atoms with Crippen LogP contribution in [0.2, 0.25) is 0 Å². The highest BCUT2D eigenvalue weighted by molar-refractivity contribution is 4.99. The van der Waals surface area contributed by atoms with Gasteiger partial charge >= 0.3 is 0 Å². The quantitative estimate of drug-likeness (QED) is 0.824. The van der Waals surface area contributed by atoms with Gasteiger partial charge in [0.15, 0.2) is 5.89 Å². The Morgan fingerprint density at radius 1 is 1.67 bits per heavy atom. The largest absolute Gasteiger partial charge is 0.444 e. The third-order valence-electron chi connectivity index (χ3n) is 2.74. The molecule has 2 N–H and O–H groups in total. The highest BCUT2D eigenvalue weighted by Crippen LogP contribution is 2.20. The fourth-order valence-corrected chi connectivity index (χ4v) is 1.84. The minimum Gasteiger partial charge on any atom is -0.444 e. The lowest BCUT2D eigenvalue weighted by Crippen LogP contribution is -2.19. The number of oxazole rings is 1. The van der Waals surface area contributed by atoms with Gasteiger partial charge in [-0.25, -0.2) is 4.98 Å². The van der Waals surface area contributed by atoms with Crippen LogP contribution in [-0.4, -0.2) is 18.2 Å². The predicted octanol–water partition coefficient (Wildman–Crippen LogP) is 1.66. The van der Waals surface area contributed by atoms with Crippen LogP contribution in [0.25, 0.3) is 0 Å². The molecule has 0 saturated carbocycles. The fourth-order valence-electron chi connectivity index (χ4n) is 1.84. The van der Waals surface area contributed by atoms with Gasteiger partial charge in [0.25, 0.3) is 0 Å². The molecule has 1 aliphatic heterocycles. The van der Waals surface area contributed by atoms with Gasteiger partial charge in [0, 0.05) is 19.6 Å². The number of hydrogen-bond donors (Lipinski definition) is 1. The second kappa shape index (κ2) is 4.77. The molecule has 1 aromatic heterocycles. The summed E-state index contributed by atoms with van der Waals surface area (Å²) < 4.78 is 11.0. The summed E-state index contributed by atoms with van der Waals surface area (Å²) in [5.41, 5.74) is 5.70. The first-order valence-electron chi connectivity index (χ1n) is 5.53. The zero-order valence-corrected chi connectivity index (χ0v) is 9.11. The van der Waals surface area contributed by atoms with Gasteiger partial charge in [0.2, 0.25) is 0 Å². The summed E-state index contributed by atoms with van der Waals surface area (Å²) in [7, 11) is 0. The third-order valence-corrected chi connectivity index (χ3v) is 2.74. The maximum absolute atomic E-state index is 5.70. The first-order valence-corrected chi connectivity index (χ1v) is 5.53. The molecule has 84 valence electrons. The van der Waals surface area contributed by atoms with Gasteiger partial charge in [-0.1, -0.05) is 0 Å². The Morgan fingerprint density at radius 3 is 3.13 bits per heavy atom. The molecule has 2 atom stereocenters. The van der Waals surface area contributed by atoms with E-state index in [9.17, 15) is 0 Å². The Kier molecular flexibility index (Phi) is 3.38. The van der Waals surface area contributed by atoms with Crippen LogP contribution < -0.4 is 5.73 Å². The third kappa shape index (κ3) is 2.79. The second-order valence-corrected chi connectivity index (χ2v) is 4.23. The van der Waals surface area contributed by atoms with Crippen molar-refractivity contribution in [1.82, 2.24) is 4.98 Å². The van der Waals surface area contributed by atoms with E-state index in [1.165, 1.54) is 6.42 Å². The van der Waals surface area contributed by atoms with E-state index in [0.717, 1.165) is 37.7 Å². The summed E-state index contributed by atoms with van der Waals surface area (Å²) in [6.07, 6.45) is 4.94. The van der Waals surface area contributed by atoms with Crippen LogP contribution in [0.3, 0.4) is 0 Å². The van der Waals surface area contributed by atoms with Gasteiger partial charge in [0.05, 0.1) is 12.2 Å². The number of nitrogens with zero attached hydrogens (tertiary/aromatic N) is 1. The van der Waals surface area contributed by atoms with Crippen LogP contribution in [0.4, 0.5) is 0 Å². The van der Waals surface area contributed by atoms with Gasteiger partial charge in [0.1, 0.15) is 5.76 Å². The molecule has 2 rings (SSSR count). The maximum Gasteiger partial charge on any atom is 0.194 e. The van der Waals surface area contributed by atoms with Crippen LogP contribution in [0.5, 0.6) is 0 Å². The minimum atomic E-state index is -0.0751. The van der Waals surface area contributed by atoms with Crippen molar-refractivity contribution in [2.75, 3.05) is 13.2 Å². The summed E-state index contributed by atoms with van der Waals surface area (Å²) in [6, 6.07) is -0.0751. The average molecular weight is 210 g/mol. The van der Waals surface area contributed by atoms with Gasteiger partial charge in [-0.05, 0) is 25.7 Å². The Morgan fingerprint density at radius 2 is 2.53 bits per heavy atom. The summed E-state index contributed by atoms with van der Waals surface area (Å²) >= 11 is 0. The second-order valence-electron chi connectivity index (χ2n) is 4.23. The molecule has 1 aromatic rings. The van der Waals surface area contributed by atoms with Gasteiger partial charge < -0.3 is 14.9 Å². The molecule has 2 heterocycles. The summed E-state index contributed by atoms with van der Waals surface area (Å²) in [4.78, 5) is 4.23. The molecule has 0 radical (unpaired) electrons. The summed E-state index contributed by atoms with van der Waals surface area (Å²) in [5.74, 6) is 2.11. The van der Waals surface area contributed by atoms with Crippen molar-refractivity contribution in [2.24, 2.45) is 11.7 Å². The van der Waals surface area contributed by atoms with Gasteiger partial charge in [-0.15, -0.1) is 0 Å².